The van der Waals surface area contributed by atoms with Crippen molar-refractivity contribution in [2.24, 2.45) is 5.10 Å². The Balaban J connectivity index is 1.40. The minimum absolute atomic E-state index is 0.343. The first-order valence-electron chi connectivity index (χ1n) is 10.3. The lowest BCUT2D eigenvalue weighted by Gasteiger charge is -2.27. The number of ether oxygens (including phenoxy) is 1. The van der Waals surface area contributed by atoms with Crippen LogP contribution in [0.2, 0.25) is 0 Å². The molecule has 3 heterocycles. The number of hydrazone groups is 1. The van der Waals surface area contributed by atoms with Crippen molar-refractivity contribution in [3.05, 3.63) is 60.3 Å². The Kier molecular flexibility index (Phi) is 5.50. The lowest BCUT2D eigenvalue weighted by atomic mass is 10.2. The number of benzene rings is 2. The monoisotopic (exact) mass is 429 g/mol. The van der Waals surface area contributed by atoms with Gasteiger partial charge in [-0.15, -0.1) is 0 Å². The minimum Gasteiger partial charge on any atom is -0.399 e. The number of morpholine rings is 1. The summed E-state index contributed by atoms with van der Waals surface area (Å²) < 4.78 is 5.45. The number of hydrogen-bond acceptors (Lipinski definition) is 9. The number of aromatic nitrogens is 4. The minimum atomic E-state index is 0.343. The van der Waals surface area contributed by atoms with Crippen LogP contribution in [0, 0.1) is 0 Å². The van der Waals surface area contributed by atoms with Crippen LogP contribution in [-0.2, 0) is 4.74 Å². The third kappa shape index (κ3) is 4.44. The molecular formula is C22H23N9O. The van der Waals surface area contributed by atoms with Gasteiger partial charge in [0.25, 0.3) is 0 Å². The van der Waals surface area contributed by atoms with Gasteiger partial charge in [0.05, 0.1) is 19.4 Å². The molecule has 0 aliphatic carbocycles. The summed E-state index contributed by atoms with van der Waals surface area (Å²) in [4.78, 5) is 18.9. The number of nitrogens with one attached hydrogen (secondary N) is 3. The molecule has 1 fully saturated rings. The molecule has 5 rings (SSSR count). The number of fused-ring (bicyclic) bond motifs is 1. The van der Waals surface area contributed by atoms with Crippen LogP contribution < -0.4 is 21.4 Å². The number of H-pyrrole nitrogens is 1. The second-order valence-electron chi connectivity index (χ2n) is 7.29. The van der Waals surface area contributed by atoms with Crippen LogP contribution in [0.25, 0.3) is 10.9 Å². The number of rotatable bonds is 6. The van der Waals surface area contributed by atoms with E-state index in [-0.39, 0.29) is 0 Å². The summed E-state index contributed by atoms with van der Waals surface area (Å²) in [6.07, 6.45) is 3.65. The Morgan fingerprint density at radius 3 is 2.62 bits per heavy atom. The normalized spacial score (nSPS) is 14.2. The standard InChI is InChI=1S/C22H23N9O/c23-16-5-7-17(8-6-16)26-20-27-21(29-22(28-20)31-9-11-32-12-10-31)30-25-14-15-13-24-19-4-2-1-3-18(15)19/h1-8,13-14,24H,9-12,23H2,(H2,26,27,28,29,30). The smallest absolute Gasteiger partial charge is 0.250 e. The molecule has 1 aliphatic rings. The Hall–Kier alpha value is -4.18. The highest BCUT2D eigenvalue weighted by Crippen LogP contribution is 2.20. The van der Waals surface area contributed by atoms with Crippen LogP contribution in [0.5, 0.6) is 0 Å². The first-order valence-corrected chi connectivity index (χ1v) is 10.3. The van der Waals surface area contributed by atoms with E-state index < -0.39 is 0 Å². The lowest BCUT2D eigenvalue weighted by molar-refractivity contribution is 0.122. The largest absolute Gasteiger partial charge is 0.399 e. The first-order chi connectivity index (χ1) is 15.7. The molecule has 0 saturated carbocycles. The van der Waals surface area contributed by atoms with E-state index in [9.17, 15) is 0 Å². The van der Waals surface area contributed by atoms with Gasteiger partial charge in [0.2, 0.25) is 17.8 Å². The number of nitrogen functional groups attached to an aromatic ring is 1. The van der Waals surface area contributed by atoms with Crippen LogP contribution in [0.1, 0.15) is 5.56 Å². The summed E-state index contributed by atoms with van der Waals surface area (Å²) in [5.74, 6) is 1.32. The molecule has 32 heavy (non-hydrogen) atoms. The number of nitrogens with zero attached hydrogens (tertiary/aromatic N) is 5. The number of nitrogens with two attached hydrogens (primary N) is 1. The molecule has 0 bridgehead atoms. The van der Waals surface area contributed by atoms with E-state index in [0.717, 1.165) is 22.2 Å². The molecule has 0 amide bonds. The predicted molar refractivity (Wildman–Crippen MR) is 127 cm³/mol. The lowest BCUT2D eigenvalue weighted by Crippen LogP contribution is -2.37. The average molecular weight is 429 g/mol. The fraction of sp³-hybridized carbons (Fsp3) is 0.182. The summed E-state index contributed by atoms with van der Waals surface area (Å²) >= 11 is 0. The topological polar surface area (TPSA) is 129 Å². The molecule has 4 aromatic rings. The third-order valence-corrected chi connectivity index (χ3v) is 5.07. The quantitative estimate of drug-likeness (QED) is 0.209. The Morgan fingerprint density at radius 2 is 1.78 bits per heavy atom. The van der Waals surface area contributed by atoms with Crippen LogP contribution in [0.4, 0.5) is 29.2 Å². The van der Waals surface area contributed by atoms with Gasteiger partial charge in [-0.3, -0.25) is 0 Å². The van der Waals surface area contributed by atoms with Crippen LogP contribution in [0.3, 0.4) is 0 Å². The van der Waals surface area contributed by atoms with Crippen molar-refractivity contribution in [1.29, 1.82) is 0 Å². The summed E-state index contributed by atoms with van der Waals surface area (Å²) in [6, 6.07) is 15.4. The van der Waals surface area contributed by atoms with Gasteiger partial charge < -0.3 is 25.7 Å². The van der Waals surface area contributed by atoms with Gasteiger partial charge in [-0.25, -0.2) is 5.43 Å². The van der Waals surface area contributed by atoms with Gasteiger partial charge in [-0.1, -0.05) is 18.2 Å². The average Bonchev–Trinajstić information content (AvgIpc) is 3.24. The molecule has 5 N–H and O–H groups in total. The highest BCUT2D eigenvalue weighted by Gasteiger charge is 2.16. The Labute approximate surface area is 184 Å². The molecule has 10 heteroatoms. The zero-order valence-electron chi connectivity index (χ0n) is 17.3. The first kappa shape index (κ1) is 19.8. The number of para-hydroxylation sites is 1. The molecule has 0 spiro atoms. The van der Waals surface area contributed by atoms with Crippen molar-refractivity contribution in [2.45, 2.75) is 0 Å². The fourth-order valence-corrected chi connectivity index (χ4v) is 3.43. The molecule has 2 aromatic heterocycles. The number of hydrogen-bond donors (Lipinski definition) is 4. The Morgan fingerprint density at radius 1 is 1.00 bits per heavy atom. The van der Waals surface area contributed by atoms with Crippen LogP contribution in [0.15, 0.2) is 59.8 Å². The van der Waals surface area contributed by atoms with E-state index >= 15 is 0 Å². The molecule has 2 aromatic carbocycles. The van der Waals surface area contributed by atoms with Gasteiger partial charge in [0, 0.05) is 47.1 Å². The maximum atomic E-state index is 5.78. The van der Waals surface area contributed by atoms with Gasteiger partial charge in [0.15, 0.2) is 0 Å². The molecule has 1 saturated heterocycles. The maximum Gasteiger partial charge on any atom is 0.250 e. The molecular weight excluding hydrogens is 406 g/mol. The second kappa shape index (κ2) is 8.90. The van der Waals surface area contributed by atoms with E-state index in [1.54, 1.807) is 6.21 Å². The van der Waals surface area contributed by atoms with E-state index in [0.29, 0.717) is 49.8 Å². The van der Waals surface area contributed by atoms with Crippen LogP contribution >= 0.6 is 0 Å². The molecule has 0 unspecified atom stereocenters. The molecule has 1 aliphatic heterocycles. The van der Waals surface area contributed by atoms with Crippen LogP contribution in [-0.4, -0.2) is 52.5 Å². The molecule has 0 radical (unpaired) electrons. The highest BCUT2D eigenvalue weighted by atomic mass is 16.5. The summed E-state index contributed by atoms with van der Waals surface area (Å²) in [7, 11) is 0. The maximum absolute atomic E-state index is 5.78. The summed E-state index contributed by atoms with van der Waals surface area (Å²) in [5.41, 5.74) is 12.3. The number of aromatic amines is 1. The predicted octanol–water partition coefficient (Wildman–Crippen LogP) is 2.96. The van der Waals surface area contributed by atoms with E-state index in [1.165, 1.54) is 0 Å². The highest BCUT2D eigenvalue weighted by molar-refractivity contribution is 5.99. The van der Waals surface area contributed by atoms with Crippen molar-refractivity contribution in [2.75, 3.05) is 47.7 Å². The zero-order valence-corrected chi connectivity index (χ0v) is 17.3. The van der Waals surface area contributed by atoms with Crippen molar-refractivity contribution >= 4 is 46.3 Å². The van der Waals surface area contributed by atoms with Gasteiger partial charge >= 0.3 is 0 Å². The number of anilines is 5. The molecule has 162 valence electrons. The van der Waals surface area contributed by atoms with Crippen molar-refractivity contribution in [3.63, 3.8) is 0 Å². The van der Waals surface area contributed by atoms with E-state index in [4.69, 9.17) is 10.5 Å². The fourth-order valence-electron chi connectivity index (χ4n) is 3.43. The van der Waals surface area contributed by atoms with Crippen molar-refractivity contribution in [1.82, 2.24) is 19.9 Å². The van der Waals surface area contributed by atoms with E-state index in [2.05, 4.69) is 40.7 Å². The SMILES string of the molecule is Nc1ccc(Nc2nc(NN=Cc3c[nH]c4ccccc34)nc(N3CCOCC3)n2)cc1. The molecule has 0 atom stereocenters. The Bertz CT molecular complexity index is 1230. The zero-order chi connectivity index (χ0) is 21.8. The van der Waals surface area contributed by atoms with Gasteiger partial charge in [-0.05, 0) is 30.3 Å². The molecule has 10 nitrogen and oxygen atoms in total. The van der Waals surface area contributed by atoms with Gasteiger partial charge in [0.1, 0.15) is 0 Å². The van der Waals surface area contributed by atoms with Gasteiger partial charge in [-0.2, -0.15) is 20.1 Å². The van der Waals surface area contributed by atoms with Crippen molar-refractivity contribution in [3.8, 4) is 0 Å². The van der Waals surface area contributed by atoms with Crippen molar-refractivity contribution < 1.29 is 4.74 Å². The van der Waals surface area contributed by atoms with E-state index in [1.807, 2.05) is 54.7 Å². The summed E-state index contributed by atoms with van der Waals surface area (Å²) in [5, 5.41) is 8.64. The second-order valence-corrected chi connectivity index (χ2v) is 7.29. The third-order valence-electron chi connectivity index (χ3n) is 5.07. The summed E-state index contributed by atoms with van der Waals surface area (Å²) in [6.45, 7) is 2.69.